The Morgan fingerprint density at radius 3 is 2.78 bits per heavy atom. The number of imidazole rings is 1. The van der Waals surface area contributed by atoms with E-state index in [1.807, 2.05) is 30.5 Å². The fraction of sp³-hybridized carbons (Fsp3) is 0.333. The van der Waals surface area contributed by atoms with Crippen LogP contribution in [0.25, 0.3) is 22.2 Å². The number of para-hydroxylation sites is 1. The van der Waals surface area contributed by atoms with Gasteiger partial charge in [-0.3, -0.25) is 0 Å². The lowest BCUT2D eigenvalue weighted by atomic mass is 9.95. The van der Waals surface area contributed by atoms with Crippen molar-refractivity contribution in [3.8, 4) is 11.3 Å². The van der Waals surface area contributed by atoms with Gasteiger partial charge in [0.15, 0.2) is 4.77 Å². The summed E-state index contributed by atoms with van der Waals surface area (Å²) in [6.07, 6.45) is 8.06. The highest BCUT2D eigenvalue weighted by molar-refractivity contribution is 7.71. The molecule has 0 radical (unpaired) electrons. The molecule has 2 heterocycles. The molecule has 0 bridgehead atoms. The number of hydrogen-bond acceptors (Lipinski definition) is 3. The SMILES string of the molecule is O=c1oc2ccccc2cc1-c1cn(C2CCCCC2)c(=S)[nH]1. The average molecular weight is 326 g/mol. The lowest BCUT2D eigenvalue weighted by molar-refractivity contribution is 0.350. The maximum Gasteiger partial charge on any atom is 0.345 e. The summed E-state index contributed by atoms with van der Waals surface area (Å²) < 4.78 is 8.21. The van der Waals surface area contributed by atoms with Crippen molar-refractivity contribution in [3.63, 3.8) is 0 Å². The lowest BCUT2D eigenvalue weighted by Gasteiger charge is -2.22. The molecule has 23 heavy (non-hydrogen) atoms. The molecular weight excluding hydrogens is 308 g/mol. The van der Waals surface area contributed by atoms with Gasteiger partial charge in [0.1, 0.15) is 5.58 Å². The Hall–Kier alpha value is -2.14. The van der Waals surface area contributed by atoms with Crippen LogP contribution in [0.5, 0.6) is 0 Å². The molecule has 0 spiro atoms. The van der Waals surface area contributed by atoms with E-state index in [-0.39, 0.29) is 5.63 Å². The van der Waals surface area contributed by atoms with Crippen molar-refractivity contribution in [3.05, 3.63) is 51.7 Å². The minimum absolute atomic E-state index is 0.337. The number of fused-ring (bicyclic) bond motifs is 1. The van der Waals surface area contributed by atoms with Gasteiger partial charge in [-0.25, -0.2) is 4.79 Å². The number of benzene rings is 1. The molecule has 0 amide bonds. The third-order valence-electron chi connectivity index (χ3n) is 4.64. The van der Waals surface area contributed by atoms with Gasteiger partial charge in [-0.15, -0.1) is 0 Å². The van der Waals surface area contributed by atoms with Crippen molar-refractivity contribution in [2.45, 2.75) is 38.1 Å². The first-order chi connectivity index (χ1) is 11.2. The molecule has 1 aliphatic carbocycles. The van der Waals surface area contributed by atoms with Crippen LogP contribution < -0.4 is 5.63 Å². The molecule has 0 unspecified atom stereocenters. The van der Waals surface area contributed by atoms with Crippen molar-refractivity contribution in [1.82, 2.24) is 9.55 Å². The number of nitrogens with zero attached hydrogens (tertiary/aromatic N) is 1. The standard InChI is InChI=1S/C18H18N2O2S/c21-17-14(10-12-6-4-5-9-16(12)22-17)15-11-20(18(23)19-15)13-7-2-1-3-8-13/h4-6,9-11,13H,1-3,7-8H2,(H,19,23). The van der Waals surface area contributed by atoms with E-state index >= 15 is 0 Å². The number of aromatic nitrogens is 2. The van der Waals surface area contributed by atoms with Gasteiger partial charge in [-0.1, -0.05) is 37.5 Å². The third-order valence-corrected chi connectivity index (χ3v) is 4.96. The van der Waals surface area contributed by atoms with Crippen molar-refractivity contribution < 1.29 is 4.42 Å². The second-order valence-electron chi connectivity index (χ2n) is 6.16. The van der Waals surface area contributed by atoms with Gasteiger partial charge < -0.3 is 14.0 Å². The summed E-state index contributed by atoms with van der Waals surface area (Å²) >= 11 is 5.47. The van der Waals surface area contributed by atoms with Gasteiger partial charge in [-0.2, -0.15) is 0 Å². The highest BCUT2D eigenvalue weighted by Crippen LogP contribution is 2.30. The lowest BCUT2D eigenvalue weighted by Crippen LogP contribution is -2.11. The summed E-state index contributed by atoms with van der Waals surface area (Å²) in [6, 6.07) is 9.84. The molecule has 2 aromatic heterocycles. The summed E-state index contributed by atoms with van der Waals surface area (Å²) in [7, 11) is 0. The third kappa shape index (κ3) is 2.65. The molecule has 1 saturated carbocycles. The van der Waals surface area contributed by atoms with E-state index < -0.39 is 0 Å². The summed E-state index contributed by atoms with van der Waals surface area (Å²) in [5.41, 5.74) is 1.53. The van der Waals surface area contributed by atoms with Crippen LogP contribution in [-0.2, 0) is 0 Å². The van der Waals surface area contributed by atoms with E-state index in [4.69, 9.17) is 16.6 Å². The van der Waals surface area contributed by atoms with Crippen LogP contribution >= 0.6 is 12.2 Å². The summed E-state index contributed by atoms with van der Waals surface area (Å²) in [6.45, 7) is 0. The Balaban J connectivity index is 1.80. The second-order valence-corrected chi connectivity index (χ2v) is 6.54. The van der Waals surface area contributed by atoms with Gasteiger partial charge >= 0.3 is 5.63 Å². The van der Waals surface area contributed by atoms with Gasteiger partial charge in [0.25, 0.3) is 0 Å². The first kappa shape index (κ1) is 14.5. The van der Waals surface area contributed by atoms with Crippen molar-refractivity contribution in [1.29, 1.82) is 0 Å². The molecule has 0 atom stereocenters. The normalized spacial score (nSPS) is 16.0. The van der Waals surface area contributed by atoms with Crippen molar-refractivity contribution in [2.24, 2.45) is 0 Å². The maximum absolute atomic E-state index is 12.3. The Labute approximate surface area is 138 Å². The molecule has 4 rings (SSSR count). The van der Waals surface area contributed by atoms with Gasteiger partial charge in [0.2, 0.25) is 0 Å². The Kier molecular flexibility index (Phi) is 3.65. The Bertz CT molecular complexity index is 961. The van der Waals surface area contributed by atoms with Gasteiger partial charge in [-0.05, 0) is 37.2 Å². The topological polar surface area (TPSA) is 50.9 Å². The molecule has 0 saturated heterocycles. The molecule has 3 aromatic rings. The monoisotopic (exact) mass is 326 g/mol. The quantitative estimate of drug-likeness (QED) is 0.542. The van der Waals surface area contributed by atoms with E-state index in [0.717, 1.165) is 23.9 Å². The predicted molar refractivity (Wildman–Crippen MR) is 93.2 cm³/mol. The van der Waals surface area contributed by atoms with E-state index in [1.165, 1.54) is 19.3 Å². The minimum Gasteiger partial charge on any atom is -0.422 e. The number of aromatic amines is 1. The Morgan fingerprint density at radius 1 is 1.17 bits per heavy atom. The fourth-order valence-corrected chi connectivity index (χ4v) is 3.74. The zero-order chi connectivity index (χ0) is 15.8. The average Bonchev–Trinajstić information content (AvgIpc) is 2.96. The number of hydrogen-bond donors (Lipinski definition) is 1. The zero-order valence-corrected chi connectivity index (χ0v) is 13.6. The number of H-pyrrole nitrogens is 1. The maximum atomic E-state index is 12.3. The van der Waals surface area contributed by atoms with Crippen LogP contribution in [0.15, 0.2) is 45.7 Å². The summed E-state index contributed by atoms with van der Waals surface area (Å²) in [5, 5.41) is 0.909. The summed E-state index contributed by atoms with van der Waals surface area (Å²) in [4.78, 5) is 15.5. The highest BCUT2D eigenvalue weighted by atomic mass is 32.1. The largest absolute Gasteiger partial charge is 0.422 e. The van der Waals surface area contributed by atoms with Gasteiger partial charge in [0.05, 0.1) is 11.3 Å². The number of nitrogens with one attached hydrogen (secondary N) is 1. The zero-order valence-electron chi connectivity index (χ0n) is 12.7. The summed E-state index contributed by atoms with van der Waals surface area (Å²) in [5.74, 6) is 0. The van der Waals surface area contributed by atoms with Crippen LogP contribution in [0.3, 0.4) is 0 Å². The van der Waals surface area contributed by atoms with Crippen molar-refractivity contribution >= 4 is 23.2 Å². The van der Waals surface area contributed by atoms with Crippen LogP contribution in [0.4, 0.5) is 0 Å². The number of rotatable bonds is 2. The molecule has 4 nitrogen and oxygen atoms in total. The first-order valence-electron chi connectivity index (χ1n) is 8.07. The van der Waals surface area contributed by atoms with Crippen LogP contribution in [0, 0.1) is 4.77 Å². The predicted octanol–water partition coefficient (Wildman–Crippen LogP) is 4.82. The molecule has 1 aliphatic rings. The Morgan fingerprint density at radius 2 is 1.96 bits per heavy atom. The molecule has 5 heteroatoms. The van der Waals surface area contributed by atoms with Crippen LogP contribution in [-0.4, -0.2) is 9.55 Å². The molecular formula is C18H18N2O2S. The van der Waals surface area contributed by atoms with E-state index in [9.17, 15) is 4.79 Å². The van der Waals surface area contributed by atoms with Crippen LogP contribution in [0.2, 0.25) is 0 Å². The van der Waals surface area contributed by atoms with Gasteiger partial charge in [0, 0.05) is 17.6 Å². The van der Waals surface area contributed by atoms with Crippen LogP contribution in [0.1, 0.15) is 38.1 Å². The molecule has 1 fully saturated rings. The first-order valence-corrected chi connectivity index (χ1v) is 8.47. The molecule has 1 N–H and O–H groups in total. The smallest absolute Gasteiger partial charge is 0.345 e. The minimum atomic E-state index is -0.337. The molecule has 0 aliphatic heterocycles. The van der Waals surface area contributed by atoms with E-state index in [0.29, 0.717) is 22.0 Å². The second kappa shape index (κ2) is 5.81. The highest BCUT2D eigenvalue weighted by Gasteiger charge is 2.18. The van der Waals surface area contributed by atoms with E-state index in [2.05, 4.69) is 9.55 Å². The fourth-order valence-electron chi connectivity index (χ4n) is 3.43. The van der Waals surface area contributed by atoms with Crippen molar-refractivity contribution in [2.75, 3.05) is 0 Å². The molecule has 1 aromatic carbocycles. The molecule has 118 valence electrons. The van der Waals surface area contributed by atoms with E-state index in [1.54, 1.807) is 6.07 Å².